The number of hydrogen-bond donors (Lipinski definition) is 1. The summed E-state index contributed by atoms with van der Waals surface area (Å²) in [4.78, 5) is 17.1. The van der Waals surface area contributed by atoms with Crippen LogP contribution in [0.25, 0.3) is 0 Å². The average molecular weight is 548 g/mol. The molecule has 0 spiro atoms. The monoisotopic (exact) mass is 547 g/mol. The Balaban J connectivity index is 1.44. The second kappa shape index (κ2) is 15.7. The van der Waals surface area contributed by atoms with E-state index < -0.39 is 10.0 Å². The first-order chi connectivity index (χ1) is 18.4. The van der Waals surface area contributed by atoms with Gasteiger partial charge in [-0.3, -0.25) is 9.69 Å². The molecule has 0 aliphatic carbocycles. The van der Waals surface area contributed by atoms with E-state index in [4.69, 9.17) is 14.2 Å². The lowest BCUT2D eigenvalue weighted by Gasteiger charge is -2.26. The molecule has 0 saturated carbocycles. The number of rotatable bonds is 16. The molecule has 1 aliphatic rings. The van der Waals surface area contributed by atoms with E-state index >= 15 is 0 Å². The topological polar surface area (TPSA) is 97.4 Å². The summed E-state index contributed by atoms with van der Waals surface area (Å²) in [5.41, 5.74) is 2.05. The number of unbranched alkanes of at least 4 members (excludes halogenated alkanes) is 2. The fourth-order valence-electron chi connectivity index (χ4n) is 4.24. The van der Waals surface area contributed by atoms with Crippen molar-refractivity contribution in [2.45, 2.75) is 38.8 Å². The molecular formula is C28H41N3O6S. The van der Waals surface area contributed by atoms with E-state index in [-0.39, 0.29) is 11.7 Å². The Labute approximate surface area is 227 Å². The Bertz CT molecular complexity index is 1020. The zero-order chi connectivity index (χ0) is 27.2. The van der Waals surface area contributed by atoms with E-state index in [9.17, 15) is 13.2 Å². The molecule has 210 valence electrons. The third-order valence-electron chi connectivity index (χ3n) is 6.59. The van der Waals surface area contributed by atoms with Gasteiger partial charge in [0.2, 0.25) is 15.9 Å². The van der Waals surface area contributed by atoms with Crippen LogP contribution in [0, 0.1) is 0 Å². The summed E-state index contributed by atoms with van der Waals surface area (Å²) in [7, 11) is -0.0430. The predicted octanol–water partition coefficient (Wildman–Crippen LogP) is 3.04. The maximum atomic E-state index is 13.2. The first-order valence-corrected chi connectivity index (χ1v) is 14.8. The summed E-state index contributed by atoms with van der Waals surface area (Å²) in [6.45, 7) is 4.77. The van der Waals surface area contributed by atoms with Crippen molar-refractivity contribution in [1.29, 1.82) is 0 Å². The van der Waals surface area contributed by atoms with E-state index in [0.29, 0.717) is 58.7 Å². The molecule has 1 aliphatic heterocycles. The second-order valence-corrected chi connectivity index (χ2v) is 11.4. The van der Waals surface area contributed by atoms with Crippen molar-refractivity contribution in [2.75, 3.05) is 59.4 Å². The molecule has 1 saturated heterocycles. The molecule has 1 N–H and O–H groups in total. The molecule has 0 aromatic heterocycles. The minimum atomic E-state index is -3.30. The molecule has 2 aromatic carbocycles. The number of methoxy groups -OCH3 is 2. The van der Waals surface area contributed by atoms with Crippen LogP contribution in [0.3, 0.4) is 0 Å². The maximum absolute atomic E-state index is 13.2. The first-order valence-electron chi connectivity index (χ1n) is 13.2. The Morgan fingerprint density at radius 2 is 1.45 bits per heavy atom. The largest absolute Gasteiger partial charge is 0.497 e. The van der Waals surface area contributed by atoms with Crippen molar-refractivity contribution < 1.29 is 27.4 Å². The van der Waals surface area contributed by atoms with Gasteiger partial charge in [-0.15, -0.1) is 0 Å². The van der Waals surface area contributed by atoms with Gasteiger partial charge in [0.1, 0.15) is 11.5 Å². The van der Waals surface area contributed by atoms with Crippen molar-refractivity contribution in [1.82, 2.24) is 14.5 Å². The van der Waals surface area contributed by atoms with Crippen molar-refractivity contribution in [3.05, 3.63) is 59.7 Å². The SMILES string of the molecule is COc1ccc(CN(Cc2ccc(OC)cc2)C(=O)CCCCCNS(=O)(=O)CCN2CCOCC2)cc1. The minimum Gasteiger partial charge on any atom is -0.497 e. The number of hydrogen-bond acceptors (Lipinski definition) is 7. The van der Waals surface area contributed by atoms with Crippen LogP contribution in [0.15, 0.2) is 48.5 Å². The van der Waals surface area contributed by atoms with Crippen LogP contribution < -0.4 is 14.2 Å². The smallest absolute Gasteiger partial charge is 0.223 e. The van der Waals surface area contributed by atoms with Crippen molar-refractivity contribution in [3.8, 4) is 11.5 Å². The summed E-state index contributed by atoms with van der Waals surface area (Å²) in [6, 6.07) is 15.5. The van der Waals surface area contributed by atoms with Crippen LogP contribution in [-0.2, 0) is 32.6 Å². The number of ether oxygens (including phenoxy) is 3. The number of carbonyl (C=O) groups is 1. The molecule has 0 bridgehead atoms. The molecule has 3 rings (SSSR count). The summed E-state index contributed by atoms with van der Waals surface area (Å²) in [6.07, 6.45) is 2.59. The highest BCUT2D eigenvalue weighted by molar-refractivity contribution is 7.89. The summed E-state index contributed by atoms with van der Waals surface area (Å²) in [5, 5.41) is 0. The maximum Gasteiger partial charge on any atom is 0.223 e. The van der Waals surface area contributed by atoms with Crippen molar-refractivity contribution in [2.24, 2.45) is 0 Å². The molecule has 0 radical (unpaired) electrons. The van der Waals surface area contributed by atoms with E-state index in [0.717, 1.165) is 42.1 Å². The van der Waals surface area contributed by atoms with Gasteiger partial charge in [0.15, 0.2) is 0 Å². The number of amides is 1. The van der Waals surface area contributed by atoms with Crippen molar-refractivity contribution in [3.63, 3.8) is 0 Å². The predicted molar refractivity (Wildman–Crippen MR) is 148 cm³/mol. The summed E-state index contributed by atoms with van der Waals surface area (Å²) >= 11 is 0. The molecule has 1 amide bonds. The highest BCUT2D eigenvalue weighted by atomic mass is 32.2. The average Bonchev–Trinajstić information content (AvgIpc) is 2.94. The second-order valence-electron chi connectivity index (χ2n) is 9.42. The zero-order valence-electron chi connectivity index (χ0n) is 22.6. The molecule has 0 unspecified atom stereocenters. The molecule has 1 heterocycles. The number of benzene rings is 2. The van der Waals surface area contributed by atoms with Crippen LogP contribution in [0.2, 0.25) is 0 Å². The quantitative estimate of drug-likeness (QED) is 0.323. The lowest BCUT2D eigenvalue weighted by Crippen LogP contribution is -2.41. The number of carbonyl (C=O) groups excluding carboxylic acids is 1. The van der Waals surface area contributed by atoms with E-state index in [1.807, 2.05) is 53.4 Å². The Morgan fingerprint density at radius 3 is 1.97 bits per heavy atom. The number of nitrogens with zero attached hydrogens (tertiary/aromatic N) is 2. The fraction of sp³-hybridized carbons (Fsp3) is 0.536. The normalized spacial score (nSPS) is 14.3. The number of sulfonamides is 1. The molecule has 9 nitrogen and oxygen atoms in total. The molecular weight excluding hydrogens is 506 g/mol. The summed E-state index contributed by atoms with van der Waals surface area (Å²) in [5.74, 6) is 1.72. The van der Waals surface area contributed by atoms with Crippen LogP contribution >= 0.6 is 0 Å². The third kappa shape index (κ3) is 10.6. The van der Waals surface area contributed by atoms with Crippen LogP contribution in [-0.4, -0.2) is 83.5 Å². The third-order valence-corrected chi connectivity index (χ3v) is 7.95. The Morgan fingerprint density at radius 1 is 0.895 bits per heavy atom. The Hall–Kier alpha value is -2.66. The van der Waals surface area contributed by atoms with Gasteiger partial charge in [0.25, 0.3) is 0 Å². The van der Waals surface area contributed by atoms with Gasteiger partial charge in [-0.05, 0) is 48.2 Å². The summed E-state index contributed by atoms with van der Waals surface area (Å²) < 4.78 is 43.1. The standard InChI is InChI=1S/C28H41N3O6S/c1-35-26-11-7-24(8-12-26)22-31(23-25-9-13-27(36-2)14-10-25)28(32)6-4-3-5-15-29-38(33,34)21-18-30-16-19-37-20-17-30/h7-14,29H,3-6,15-23H2,1-2H3. The van der Waals surface area contributed by atoms with Crippen LogP contribution in [0.4, 0.5) is 0 Å². The molecule has 10 heteroatoms. The van der Waals surface area contributed by atoms with E-state index in [1.54, 1.807) is 14.2 Å². The van der Waals surface area contributed by atoms with Gasteiger partial charge >= 0.3 is 0 Å². The highest BCUT2D eigenvalue weighted by Crippen LogP contribution is 2.18. The van der Waals surface area contributed by atoms with Gasteiger partial charge < -0.3 is 19.1 Å². The van der Waals surface area contributed by atoms with E-state index in [1.165, 1.54) is 0 Å². The molecule has 38 heavy (non-hydrogen) atoms. The molecule has 2 aromatic rings. The Kier molecular flexibility index (Phi) is 12.3. The minimum absolute atomic E-state index is 0.0720. The van der Waals surface area contributed by atoms with Crippen LogP contribution in [0.1, 0.15) is 36.8 Å². The van der Waals surface area contributed by atoms with Crippen LogP contribution in [0.5, 0.6) is 11.5 Å². The molecule has 1 fully saturated rings. The van der Waals surface area contributed by atoms with Gasteiger partial charge in [0, 0.05) is 45.7 Å². The van der Waals surface area contributed by atoms with E-state index in [2.05, 4.69) is 9.62 Å². The van der Waals surface area contributed by atoms with Gasteiger partial charge in [-0.25, -0.2) is 13.1 Å². The number of morpholine rings is 1. The fourth-order valence-corrected chi connectivity index (χ4v) is 5.34. The lowest BCUT2D eigenvalue weighted by molar-refractivity contribution is -0.132. The highest BCUT2D eigenvalue weighted by Gasteiger charge is 2.17. The number of nitrogens with one attached hydrogen (secondary N) is 1. The zero-order valence-corrected chi connectivity index (χ0v) is 23.4. The first kappa shape index (κ1) is 29.9. The lowest BCUT2D eigenvalue weighted by atomic mass is 10.1. The van der Waals surface area contributed by atoms with Gasteiger partial charge in [-0.2, -0.15) is 0 Å². The van der Waals surface area contributed by atoms with Gasteiger partial charge in [-0.1, -0.05) is 30.7 Å². The van der Waals surface area contributed by atoms with Gasteiger partial charge in [0.05, 0.1) is 33.2 Å². The van der Waals surface area contributed by atoms with Crippen molar-refractivity contribution >= 4 is 15.9 Å². The molecule has 0 atom stereocenters.